The van der Waals surface area contributed by atoms with Crippen molar-refractivity contribution in [1.29, 1.82) is 0 Å². The molecule has 0 spiro atoms. The fourth-order valence-corrected chi connectivity index (χ4v) is 3.20. The fourth-order valence-electron chi connectivity index (χ4n) is 3.20. The highest BCUT2D eigenvalue weighted by Crippen LogP contribution is 2.44. The van der Waals surface area contributed by atoms with Gasteiger partial charge in [-0.15, -0.1) is 0 Å². The predicted molar refractivity (Wildman–Crippen MR) is 132 cm³/mol. The van der Waals surface area contributed by atoms with Crippen LogP contribution in [0.1, 0.15) is 56.9 Å². The zero-order chi connectivity index (χ0) is 25.9. The van der Waals surface area contributed by atoms with Gasteiger partial charge in [-0.05, 0) is 31.9 Å². The Bertz CT molecular complexity index is 1160. The second kappa shape index (κ2) is 13.1. The number of aromatic nitrogens is 1. The molecular formula is C26H30N2O8. The van der Waals surface area contributed by atoms with E-state index in [4.69, 9.17) is 23.5 Å². The first-order valence-electron chi connectivity index (χ1n) is 12.0. The lowest BCUT2D eigenvalue weighted by molar-refractivity contribution is -0.384. The molecule has 0 amide bonds. The first kappa shape index (κ1) is 26.5. The van der Waals surface area contributed by atoms with E-state index in [1.165, 1.54) is 30.3 Å². The minimum absolute atomic E-state index is 0.0101. The Kier molecular flexibility index (Phi) is 9.67. The van der Waals surface area contributed by atoms with Crippen LogP contribution in [0.15, 0.2) is 47.0 Å². The van der Waals surface area contributed by atoms with Gasteiger partial charge in [0.2, 0.25) is 0 Å². The monoisotopic (exact) mass is 498 g/mol. The highest BCUT2D eigenvalue weighted by atomic mass is 16.6. The van der Waals surface area contributed by atoms with E-state index in [9.17, 15) is 14.9 Å². The Morgan fingerprint density at radius 1 is 0.944 bits per heavy atom. The molecule has 192 valence electrons. The summed E-state index contributed by atoms with van der Waals surface area (Å²) in [5.74, 6) is 1.26. The van der Waals surface area contributed by atoms with E-state index in [2.05, 4.69) is 19.0 Å². The Balaban J connectivity index is 2.07. The summed E-state index contributed by atoms with van der Waals surface area (Å²) in [4.78, 5) is 22.7. The fraction of sp³-hybridized carbons (Fsp3) is 0.385. The summed E-state index contributed by atoms with van der Waals surface area (Å²) in [5, 5.41) is 14.9. The number of carbonyl (C=O) groups is 1. The van der Waals surface area contributed by atoms with E-state index in [1.807, 2.05) is 0 Å². The van der Waals surface area contributed by atoms with Gasteiger partial charge in [-0.2, -0.15) is 0 Å². The van der Waals surface area contributed by atoms with Crippen LogP contribution < -0.4 is 14.2 Å². The molecule has 0 N–H and O–H groups in total. The van der Waals surface area contributed by atoms with E-state index in [1.54, 1.807) is 19.1 Å². The summed E-state index contributed by atoms with van der Waals surface area (Å²) in [6, 6.07) is 10.6. The molecule has 0 radical (unpaired) electrons. The van der Waals surface area contributed by atoms with E-state index in [0.717, 1.165) is 25.7 Å². The van der Waals surface area contributed by atoms with Gasteiger partial charge in [-0.3, -0.25) is 10.1 Å². The number of unbranched alkanes of at least 4 members (excludes halogenated alkanes) is 2. The molecular weight excluding hydrogens is 468 g/mol. The quantitative estimate of drug-likeness (QED) is 0.105. The number of carbonyl (C=O) groups excluding carboxylic acids is 1. The molecule has 0 aliphatic rings. The van der Waals surface area contributed by atoms with E-state index in [0.29, 0.717) is 41.8 Å². The van der Waals surface area contributed by atoms with Crippen LogP contribution in [0.4, 0.5) is 5.69 Å². The molecule has 36 heavy (non-hydrogen) atoms. The first-order chi connectivity index (χ1) is 17.5. The zero-order valence-electron chi connectivity index (χ0n) is 20.7. The molecule has 1 heterocycles. The summed E-state index contributed by atoms with van der Waals surface area (Å²) < 4.78 is 28.6. The van der Waals surface area contributed by atoms with Crippen molar-refractivity contribution >= 4 is 11.7 Å². The number of hydrogen-bond donors (Lipinski definition) is 0. The van der Waals surface area contributed by atoms with Crippen molar-refractivity contribution in [3.63, 3.8) is 0 Å². The van der Waals surface area contributed by atoms with Gasteiger partial charge in [-0.1, -0.05) is 31.8 Å². The average molecular weight is 499 g/mol. The largest absolute Gasteiger partial charge is 0.493 e. The number of ether oxygens (including phenoxy) is 4. The molecule has 2 aromatic carbocycles. The van der Waals surface area contributed by atoms with Crippen LogP contribution >= 0.6 is 0 Å². The molecule has 0 unspecified atom stereocenters. The molecule has 0 atom stereocenters. The highest BCUT2D eigenvalue weighted by Gasteiger charge is 2.24. The minimum Gasteiger partial charge on any atom is -0.493 e. The van der Waals surface area contributed by atoms with E-state index >= 15 is 0 Å². The maximum absolute atomic E-state index is 12.2. The SMILES string of the molecule is CCCCOc1cc(OCCCC)c(-c2cc(C(=O)OCC)no2)c(Oc2ccc([N+](=O)[O-])cc2)c1. The van der Waals surface area contributed by atoms with Gasteiger partial charge in [0.25, 0.3) is 5.69 Å². The molecule has 0 bridgehead atoms. The van der Waals surface area contributed by atoms with Gasteiger partial charge >= 0.3 is 5.97 Å². The number of nitro groups is 1. The minimum atomic E-state index is -0.613. The van der Waals surface area contributed by atoms with Gasteiger partial charge in [-0.25, -0.2) is 4.79 Å². The van der Waals surface area contributed by atoms with Crippen LogP contribution in [0, 0.1) is 10.1 Å². The lowest BCUT2D eigenvalue weighted by Gasteiger charge is -2.17. The normalized spacial score (nSPS) is 10.6. The zero-order valence-corrected chi connectivity index (χ0v) is 20.7. The molecule has 1 aromatic heterocycles. The molecule has 0 saturated carbocycles. The standard InChI is InChI=1S/C26H30N2O8/c1-4-7-13-33-20-15-22(34-14-8-5-2)25(24-17-21(27-36-24)26(29)32-6-3)23(16-20)35-19-11-9-18(10-12-19)28(30)31/h9-12,15-17H,4-8,13-14H2,1-3H3. The van der Waals surface area contributed by atoms with Gasteiger partial charge in [0.05, 0.1) is 24.7 Å². The molecule has 0 fully saturated rings. The summed E-state index contributed by atoms with van der Waals surface area (Å²) >= 11 is 0. The summed E-state index contributed by atoms with van der Waals surface area (Å²) in [7, 11) is 0. The van der Waals surface area contributed by atoms with Crippen molar-refractivity contribution in [2.45, 2.75) is 46.5 Å². The van der Waals surface area contributed by atoms with Crippen LogP contribution in [-0.2, 0) is 4.74 Å². The molecule has 3 aromatic rings. The Labute approximate surface area is 209 Å². The molecule has 10 nitrogen and oxygen atoms in total. The Morgan fingerprint density at radius 3 is 2.25 bits per heavy atom. The van der Waals surface area contributed by atoms with Crippen molar-refractivity contribution in [2.24, 2.45) is 0 Å². The number of nitrogens with zero attached hydrogens (tertiary/aromatic N) is 2. The molecule has 0 aliphatic heterocycles. The topological polar surface area (TPSA) is 123 Å². The van der Waals surface area contributed by atoms with Gasteiger partial charge in [0, 0.05) is 30.3 Å². The number of esters is 1. The summed E-state index contributed by atoms with van der Waals surface area (Å²) in [6.07, 6.45) is 3.60. The maximum Gasteiger partial charge on any atom is 0.360 e. The van der Waals surface area contributed by atoms with Crippen LogP contribution in [-0.4, -0.2) is 35.9 Å². The molecule has 10 heteroatoms. The Hall–Kier alpha value is -4.08. The van der Waals surface area contributed by atoms with Crippen molar-refractivity contribution in [1.82, 2.24) is 5.16 Å². The van der Waals surface area contributed by atoms with E-state index in [-0.39, 0.29) is 23.7 Å². The van der Waals surface area contributed by atoms with Crippen molar-refractivity contribution < 1.29 is 33.2 Å². The van der Waals surface area contributed by atoms with Crippen molar-refractivity contribution in [3.8, 4) is 34.3 Å². The number of hydrogen-bond acceptors (Lipinski definition) is 9. The smallest absolute Gasteiger partial charge is 0.360 e. The Morgan fingerprint density at radius 2 is 1.61 bits per heavy atom. The second-order valence-electron chi connectivity index (χ2n) is 7.85. The number of benzene rings is 2. The van der Waals surface area contributed by atoms with Crippen LogP contribution in [0.25, 0.3) is 11.3 Å². The third kappa shape index (κ3) is 6.97. The summed E-state index contributed by atoms with van der Waals surface area (Å²) in [5.41, 5.74) is 0.378. The van der Waals surface area contributed by atoms with Gasteiger partial charge in [0.1, 0.15) is 28.6 Å². The van der Waals surface area contributed by atoms with Gasteiger partial charge < -0.3 is 23.5 Å². The van der Waals surface area contributed by atoms with Crippen molar-refractivity contribution in [2.75, 3.05) is 19.8 Å². The number of rotatable bonds is 14. The average Bonchev–Trinajstić information content (AvgIpc) is 3.35. The maximum atomic E-state index is 12.2. The predicted octanol–water partition coefficient (Wildman–Crippen LogP) is 6.58. The summed E-state index contributed by atoms with van der Waals surface area (Å²) in [6.45, 7) is 6.98. The lowest BCUT2D eigenvalue weighted by atomic mass is 10.1. The highest BCUT2D eigenvalue weighted by molar-refractivity contribution is 5.89. The first-order valence-corrected chi connectivity index (χ1v) is 12.0. The van der Waals surface area contributed by atoms with Gasteiger partial charge in [0.15, 0.2) is 11.5 Å². The molecule has 3 rings (SSSR count). The molecule has 0 saturated heterocycles. The number of nitro benzene ring substituents is 1. The lowest BCUT2D eigenvalue weighted by Crippen LogP contribution is -2.04. The third-order valence-electron chi connectivity index (χ3n) is 5.08. The second-order valence-corrected chi connectivity index (χ2v) is 7.85. The number of non-ortho nitro benzene ring substituents is 1. The van der Waals surface area contributed by atoms with E-state index < -0.39 is 10.9 Å². The van der Waals surface area contributed by atoms with Crippen LogP contribution in [0.3, 0.4) is 0 Å². The third-order valence-corrected chi connectivity index (χ3v) is 5.08. The van der Waals surface area contributed by atoms with Crippen LogP contribution in [0.2, 0.25) is 0 Å². The van der Waals surface area contributed by atoms with Crippen molar-refractivity contribution in [3.05, 3.63) is 58.3 Å². The molecule has 0 aliphatic carbocycles. The van der Waals surface area contributed by atoms with Crippen LogP contribution in [0.5, 0.6) is 23.0 Å².